The SMILES string of the molecule is COc1nccnc1C(O)Cc1cccc(Cl)c1F. The Morgan fingerprint density at radius 3 is 2.84 bits per heavy atom. The molecule has 0 saturated heterocycles. The highest BCUT2D eigenvalue weighted by atomic mass is 35.5. The molecule has 0 aliphatic heterocycles. The summed E-state index contributed by atoms with van der Waals surface area (Å²) in [5.41, 5.74) is 0.581. The third kappa shape index (κ3) is 3.00. The smallest absolute Gasteiger partial charge is 0.238 e. The molecule has 4 nitrogen and oxygen atoms in total. The zero-order valence-corrected chi connectivity index (χ0v) is 10.9. The van der Waals surface area contributed by atoms with Crippen molar-refractivity contribution in [2.45, 2.75) is 12.5 Å². The average molecular weight is 283 g/mol. The van der Waals surface area contributed by atoms with Crippen LogP contribution in [0.2, 0.25) is 5.02 Å². The summed E-state index contributed by atoms with van der Waals surface area (Å²) in [6.07, 6.45) is 1.92. The van der Waals surface area contributed by atoms with Gasteiger partial charge in [0.25, 0.3) is 0 Å². The minimum atomic E-state index is -1.02. The molecule has 1 heterocycles. The molecule has 100 valence electrons. The summed E-state index contributed by atoms with van der Waals surface area (Å²) in [7, 11) is 1.43. The van der Waals surface area contributed by atoms with Gasteiger partial charge in [0.05, 0.1) is 12.1 Å². The first-order valence-electron chi connectivity index (χ1n) is 5.59. The molecule has 0 spiro atoms. The van der Waals surface area contributed by atoms with E-state index in [0.29, 0.717) is 5.56 Å². The summed E-state index contributed by atoms with van der Waals surface area (Å²) < 4.78 is 18.8. The largest absolute Gasteiger partial charge is 0.480 e. The van der Waals surface area contributed by atoms with E-state index in [0.717, 1.165) is 0 Å². The number of halogens is 2. The molecule has 0 amide bonds. The molecule has 19 heavy (non-hydrogen) atoms. The van der Waals surface area contributed by atoms with Crippen LogP contribution in [0.15, 0.2) is 30.6 Å². The fourth-order valence-corrected chi connectivity index (χ4v) is 1.93. The molecule has 1 atom stereocenters. The predicted octanol–water partition coefficient (Wildman–Crippen LogP) is 2.55. The molecule has 0 bridgehead atoms. The van der Waals surface area contributed by atoms with Crippen LogP contribution < -0.4 is 4.74 Å². The van der Waals surface area contributed by atoms with Crippen LogP contribution in [0.5, 0.6) is 5.88 Å². The van der Waals surface area contributed by atoms with Crippen LogP contribution in [-0.2, 0) is 6.42 Å². The number of benzene rings is 1. The van der Waals surface area contributed by atoms with Crippen molar-refractivity contribution in [3.8, 4) is 5.88 Å². The van der Waals surface area contributed by atoms with Crippen LogP contribution >= 0.6 is 11.6 Å². The molecule has 6 heteroatoms. The van der Waals surface area contributed by atoms with E-state index in [4.69, 9.17) is 16.3 Å². The second kappa shape index (κ2) is 5.95. The fraction of sp³-hybridized carbons (Fsp3) is 0.231. The molecule has 1 unspecified atom stereocenters. The Labute approximate surface area is 114 Å². The lowest BCUT2D eigenvalue weighted by atomic mass is 10.1. The Balaban J connectivity index is 2.26. The highest BCUT2D eigenvalue weighted by molar-refractivity contribution is 6.30. The topological polar surface area (TPSA) is 55.2 Å². The molecule has 0 aliphatic carbocycles. The molecule has 0 fully saturated rings. The molecule has 1 aromatic heterocycles. The number of aromatic nitrogens is 2. The number of rotatable bonds is 4. The Kier molecular flexibility index (Phi) is 4.29. The minimum Gasteiger partial charge on any atom is -0.480 e. The number of aliphatic hydroxyl groups is 1. The summed E-state index contributed by atoms with van der Waals surface area (Å²) in [6, 6.07) is 4.64. The number of hydrogen-bond acceptors (Lipinski definition) is 4. The van der Waals surface area contributed by atoms with Crippen molar-refractivity contribution in [2.75, 3.05) is 7.11 Å². The Morgan fingerprint density at radius 1 is 1.37 bits per heavy atom. The maximum atomic E-state index is 13.7. The first-order valence-corrected chi connectivity index (χ1v) is 5.97. The van der Waals surface area contributed by atoms with Gasteiger partial charge >= 0.3 is 0 Å². The van der Waals surface area contributed by atoms with Crippen molar-refractivity contribution in [1.29, 1.82) is 0 Å². The Morgan fingerprint density at radius 2 is 2.11 bits per heavy atom. The van der Waals surface area contributed by atoms with Gasteiger partial charge in [0.2, 0.25) is 5.88 Å². The van der Waals surface area contributed by atoms with Crippen LogP contribution in [-0.4, -0.2) is 22.2 Å². The quantitative estimate of drug-likeness (QED) is 0.936. The zero-order chi connectivity index (χ0) is 13.8. The minimum absolute atomic E-state index is 0.0239. The third-order valence-corrected chi connectivity index (χ3v) is 2.94. The van der Waals surface area contributed by atoms with Gasteiger partial charge in [-0.2, -0.15) is 0 Å². The standard InChI is InChI=1S/C13H12ClFN2O2/c1-19-13-12(16-5-6-17-13)10(18)7-8-3-2-4-9(14)11(8)15/h2-6,10,18H,7H2,1H3. The molecule has 0 radical (unpaired) electrons. The number of nitrogens with zero attached hydrogens (tertiary/aromatic N) is 2. The normalized spacial score (nSPS) is 12.2. The van der Waals surface area contributed by atoms with E-state index in [1.807, 2.05) is 0 Å². The molecule has 2 rings (SSSR count). The van der Waals surface area contributed by atoms with Gasteiger partial charge in [-0.3, -0.25) is 4.98 Å². The highest BCUT2D eigenvalue weighted by Crippen LogP contribution is 2.26. The maximum Gasteiger partial charge on any atom is 0.238 e. The third-order valence-electron chi connectivity index (χ3n) is 2.65. The van der Waals surface area contributed by atoms with Crippen LogP contribution in [0, 0.1) is 5.82 Å². The zero-order valence-electron chi connectivity index (χ0n) is 10.2. The number of methoxy groups -OCH3 is 1. The van der Waals surface area contributed by atoms with Gasteiger partial charge in [-0.15, -0.1) is 0 Å². The predicted molar refractivity (Wildman–Crippen MR) is 68.7 cm³/mol. The summed E-state index contributed by atoms with van der Waals surface area (Å²) in [5.74, 6) is -0.316. The Hall–Kier alpha value is -1.72. The number of hydrogen-bond donors (Lipinski definition) is 1. The summed E-state index contributed by atoms with van der Waals surface area (Å²) in [6.45, 7) is 0. The molecule has 0 saturated carbocycles. The van der Waals surface area contributed by atoms with Crippen LogP contribution in [0.4, 0.5) is 4.39 Å². The van der Waals surface area contributed by atoms with E-state index in [-0.39, 0.29) is 23.0 Å². The lowest BCUT2D eigenvalue weighted by molar-refractivity contribution is 0.166. The van der Waals surface area contributed by atoms with Crippen molar-refractivity contribution in [2.24, 2.45) is 0 Å². The Bertz CT molecular complexity index is 580. The van der Waals surface area contributed by atoms with Gasteiger partial charge in [0, 0.05) is 18.8 Å². The van der Waals surface area contributed by atoms with E-state index in [1.165, 1.54) is 25.6 Å². The van der Waals surface area contributed by atoms with Gasteiger partial charge in [0.15, 0.2) is 0 Å². The molecule has 1 aromatic carbocycles. The van der Waals surface area contributed by atoms with Crippen LogP contribution in [0.25, 0.3) is 0 Å². The average Bonchev–Trinajstić information content (AvgIpc) is 2.43. The van der Waals surface area contributed by atoms with Crippen molar-refractivity contribution in [3.05, 3.63) is 52.7 Å². The molecule has 1 N–H and O–H groups in total. The lowest BCUT2D eigenvalue weighted by Gasteiger charge is -2.13. The fourth-order valence-electron chi connectivity index (χ4n) is 1.73. The summed E-state index contributed by atoms with van der Waals surface area (Å²) in [5, 5.41) is 10.1. The van der Waals surface area contributed by atoms with Gasteiger partial charge in [-0.1, -0.05) is 23.7 Å². The van der Waals surface area contributed by atoms with Crippen molar-refractivity contribution < 1.29 is 14.2 Å². The number of ether oxygens (including phenoxy) is 1. The van der Waals surface area contributed by atoms with Gasteiger partial charge < -0.3 is 9.84 Å². The van der Waals surface area contributed by atoms with E-state index in [2.05, 4.69) is 9.97 Å². The van der Waals surface area contributed by atoms with Crippen molar-refractivity contribution in [1.82, 2.24) is 9.97 Å². The van der Waals surface area contributed by atoms with E-state index < -0.39 is 11.9 Å². The van der Waals surface area contributed by atoms with Crippen molar-refractivity contribution in [3.63, 3.8) is 0 Å². The van der Waals surface area contributed by atoms with E-state index in [9.17, 15) is 9.50 Å². The van der Waals surface area contributed by atoms with Gasteiger partial charge in [0.1, 0.15) is 17.6 Å². The second-order valence-corrected chi connectivity index (χ2v) is 4.29. The van der Waals surface area contributed by atoms with E-state index in [1.54, 1.807) is 12.1 Å². The summed E-state index contributed by atoms with van der Waals surface area (Å²) in [4.78, 5) is 7.94. The molecular formula is C13H12ClFN2O2. The molecule has 0 aliphatic rings. The summed E-state index contributed by atoms with van der Waals surface area (Å²) >= 11 is 5.69. The monoisotopic (exact) mass is 282 g/mol. The maximum absolute atomic E-state index is 13.7. The van der Waals surface area contributed by atoms with Crippen LogP contribution in [0.3, 0.4) is 0 Å². The van der Waals surface area contributed by atoms with Gasteiger partial charge in [-0.25, -0.2) is 9.37 Å². The molecular weight excluding hydrogens is 271 g/mol. The van der Waals surface area contributed by atoms with E-state index >= 15 is 0 Å². The first-order chi connectivity index (χ1) is 9.13. The first kappa shape index (κ1) is 13.7. The second-order valence-electron chi connectivity index (χ2n) is 3.88. The lowest BCUT2D eigenvalue weighted by Crippen LogP contribution is -2.08. The van der Waals surface area contributed by atoms with Crippen molar-refractivity contribution >= 4 is 11.6 Å². The highest BCUT2D eigenvalue weighted by Gasteiger charge is 2.18. The number of aliphatic hydroxyl groups excluding tert-OH is 1. The van der Waals surface area contributed by atoms with Crippen LogP contribution in [0.1, 0.15) is 17.4 Å². The molecule has 2 aromatic rings. The van der Waals surface area contributed by atoms with Gasteiger partial charge in [-0.05, 0) is 11.6 Å².